The zero-order valence-electron chi connectivity index (χ0n) is 13.4. The third kappa shape index (κ3) is 6.46. The van der Waals surface area contributed by atoms with Crippen LogP contribution in [-0.2, 0) is 9.59 Å². The van der Waals surface area contributed by atoms with Crippen molar-refractivity contribution in [3.8, 4) is 0 Å². The molecule has 0 aliphatic carbocycles. The van der Waals surface area contributed by atoms with E-state index in [1.807, 2.05) is 0 Å². The number of carbonyl (C=O) groups is 2. The van der Waals surface area contributed by atoms with Crippen LogP contribution in [0.5, 0.6) is 0 Å². The Morgan fingerprint density at radius 2 is 1.95 bits per heavy atom. The fourth-order valence-corrected chi connectivity index (χ4v) is 2.79. The number of hydrogen-bond donors (Lipinski definition) is 2. The minimum Gasteiger partial charge on any atom is -0.354 e. The minimum atomic E-state index is -0.258. The number of rotatable bonds is 10. The van der Waals surface area contributed by atoms with Gasteiger partial charge in [-0.2, -0.15) is 0 Å². The van der Waals surface area contributed by atoms with Crippen LogP contribution in [0.4, 0.5) is 0 Å². The van der Waals surface area contributed by atoms with E-state index in [9.17, 15) is 9.59 Å². The lowest BCUT2D eigenvalue weighted by Gasteiger charge is -2.24. The van der Waals surface area contributed by atoms with Crippen LogP contribution in [0.15, 0.2) is 0 Å². The second kappa shape index (κ2) is 10.6. The smallest absolute Gasteiger partial charge is 0.242 e. The summed E-state index contributed by atoms with van der Waals surface area (Å²) in [6.45, 7) is 4.09. The van der Waals surface area contributed by atoms with E-state index in [1.54, 1.807) is 4.90 Å². The van der Waals surface area contributed by atoms with Gasteiger partial charge in [-0.15, -0.1) is 0 Å². The van der Waals surface area contributed by atoms with E-state index in [-0.39, 0.29) is 17.9 Å². The number of amides is 2. The first-order valence-corrected chi connectivity index (χ1v) is 8.48. The standard InChI is InChI=1S/C16H31N3O2/c1-2-3-4-5-6-10-15(20)19-13-7-9-14(19)16(21)18-12-8-11-17/h14H,2-13,17H2,1H3,(H,18,21). The van der Waals surface area contributed by atoms with Gasteiger partial charge in [-0.25, -0.2) is 0 Å². The van der Waals surface area contributed by atoms with Crippen LogP contribution >= 0.6 is 0 Å². The summed E-state index contributed by atoms with van der Waals surface area (Å²) in [5.41, 5.74) is 5.42. The van der Waals surface area contributed by atoms with Crippen molar-refractivity contribution >= 4 is 11.8 Å². The van der Waals surface area contributed by atoms with Crippen molar-refractivity contribution in [3.63, 3.8) is 0 Å². The summed E-state index contributed by atoms with van der Waals surface area (Å²) < 4.78 is 0. The van der Waals surface area contributed by atoms with Crippen molar-refractivity contribution in [1.29, 1.82) is 0 Å². The summed E-state index contributed by atoms with van der Waals surface area (Å²) in [4.78, 5) is 26.1. The Kier molecular flexibility index (Phi) is 9.06. The molecule has 1 fully saturated rings. The Bertz CT molecular complexity index is 321. The summed E-state index contributed by atoms with van der Waals surface area (Å²) in [7, 11) is 0. The van der Waals surface area contributed by atoms with Gasteiger partial charge in [-0.3, -0.25) is 9.59 Å². The monoisotopic (exact) mass is 297 g/mol. The molecule has 0 radical (unpaired) electrons. The van der Waals surface area contributed by atoms with Crippen LogP contribution in [0.1, 0.15) is 64.7 Å². The minimum absolute atomic E-state index is 0.0136. The number of unbranched alkanes of at least 4 members (excludes halogenated alkanes) is 4. The van der Waals surface area contributed by atoms with Crippen molar-refractivity contribution in [2.75, 3.05) is 19.6 Å². The molecule has 21 heavy (non-hydrogen) atoms. The first kappa shape index (κ1) is 18.0. The first-order valence-electron chi connectivity index (χ1n) is 8.48. The summed E-state index contributed by atoms with van der Waals surface area (Å²) >= 11 is 0. The predicted molar refractivity (Wildman–Crippen MR) is 84.8 cm³/mol. The summed E-state index contributed by atoms with van der Waals surface area (Å²) in [5.74, 6) is 0.128. The maximum absolute atomic E-state index is 12.2. The van der Waals surface area contributed by atoms with Crippen molar-refractivity contribution in [1.82, 2.24) is 10.2 Å². The number of nitrogens with one attached hydrogen (secondary N) is 1. The lowest BCUT2D eigenvalue weighted by molar-refractivity contribution is -0.138. The van der Waals surface area contributed by atoms with Crippen LogP contribution in [-0.4, -0.2) is 42.4 Å². The molecule has 1 aliphatic heterocycles. The fraction of sp³-hybridized carbons (Fsp3) is 0.875. The van der Waals surface area contributed by atoms with E-state index in [4.69, 9.17) is 5.73 Å². The van der Waals surface area contributed by atoms with E-state index in [2.05, 4.69) is 12.2 Å². The molecule has 1 heterocycles. The molecule has 2 amide bonds. The van der Waals surface area contributed by atoms with E-state index < -0.39 is 0 Å². The lowest BCUT2D eigenvalue weighted by atomic mass is 10.1. The molecule has 0 aromatic rings. The van der Waals surface area contributed by atoms with Gasteiger partial charge < -0.3 is 16.0 Å². The molecule has 5 nitrogen and oxygen atoms in total. The highest BCUT2D eigenvalue weighted by Crippen LogP contribution is 2.19. The van der Waals surface area contributed by atoms with Gasteiger partial charge in [0.1, 0.15) is 6.04 Å². The molecule has 1 saturated heterocycles. The van der Waals surface area contributed by atoms with Gasteiger partial charge >= 0.3 is 0 Å². The third-order valence-electron chi connectivity index (χ3n) is 4.05. The first-order chi connectivity index (χ1) is 10.2. The molecule has 0 bridgehead atoms. The van der Waals surface area contributed by atoms with Crippen LogP contribution in [0.3, 0.4) is 0 Å². The molecule has 0 aromatic heterocycles. The summed E-state index contributed by atoms with van der Waals surface area (Å²) in [5, 5.41) is 2.88. The molecule has 0 spiro atoms. The van der Waals surface area contributed by atoms with Gasteiger partial charge in [0.25, 0.3) is 0 Å². The van der Waals surface area contributed by atoms with E-state index in [1.165, 1.54) is 19.3 Å². The number of likely N-dealkylation sites (tertiary alicyclic amines) is 1. The third-order valence-corrected chi connectivity index (χ3v) is 4.05. The van der Waals surface area contributed by atoms with Gasteiger partial charge in [0.05, 0.1) is 0 Å². The van der Waals surface area contributed by atoms with Gasteiger partial charge in [-0.1, -0.05) is 32.6 Å². The number of nitrogens with two attached hydrogens (primary N) is 1. The topological polar surface area (TPSA) is 75.4 Å². The Morgan fingerprint density at radius 3 is 2.67 bits per heavy atom. The van der Waals surface area contributed by atoms with E-state index in [0.29, 0.717) is 19.5 Å². The SMILES string of the molecule is CCCCCCCC(=O)N1CCCC1C(=O)NCCCN. The molecule has 3 N–H and O–H groups in total. The highest BCUT2D eigenvalue weighted by molar-refractivity contribution is 5.88. The van der Waals surface area contributed by atoms with Crippen LogP contribution in [0.2, 0.25) is 0 Å². The van der Waals surface area contributed by atoms with E-state index in [0.717, 1.165) is 38.6 Å². The molecule has 1 atom stereocenters. The fourth-order valence-electron chi connectivity index (χ4n) is 2.79. The highest BCUT2D eigenvalue weighted by atomic mass is 16.2. The van der Waals surface area contributed by atoms with Crippen molar-refractivity contribution in [2.45, 2.75) is 70.8 Å². The second-order valence-electron chi connectivity index (χ2n) is 5.84. The number of nitrogens with zero attached hydrogens (tertiary/aromatic N) is 1. The average Bonchev–Trinajstić information content (AvgIpc) is 2.96. The second-order valence-corrected chi connectivity index (χ2v) is 5.84. The molecule has 122 valence electrons. The van der Waals surface area contributed by atoms with Crippen molar-refractivity contribution < 1.29 is 9.59 Å². The van der Waals surface area contributed by atoms with Gasteiger partial charge in [0.15, 0.2) is 0 Å². The Labute approximate surface area is 128 Å². The number of hydrogen-bond acceptors (Lipinski definition) is 3. The molecular formula is C16H31N3O2. The average molecular weight is 297 g/mol. The highest BCUT2D eigenvalue weighted by Gasteiger charge is 2.33. The van der Waals surface area contributed by atoms with Crippen LogP contribution < -0.4 is 11.1 Å². The molecule has 1 unspecified atom stereocenters. The van der Waals surface area contributed by atoms with E-state index >= 15 is 0 Å². The molecule has 0 saturated carbocycles. The maximum atomic E-state index is 12.2. The van der Waals surface area contributed by atoms with Crippen molar-refractivity contribution in [2.24, 2.45) is 5.73 Å². The Hall–Kier alpha value is -1.10. The zero-order valence-corrected chi connectivity index (χ0v) is 13.4. The summed E-state index contributed by atoms with van der Waals surface area (Å²) in [6, 6.07) is -0.258. The van der Waals surface area contributed by atoms with Gasteiger partial charge in [0, 0.05) is 19.5 Å². The largest absolute Gasteiger partial charge is 0.354 e. The zero-order chi connectivity index (χ0) is 15.5. The summed E-state index contributed by atoms with van der Waals surface area (Å²) in [6.07, 6.45) is 8.78. The van der Waals surface area contributed by atoms with Gasteiger partial charge in [0.2, 0.25) is 11.8 Å². The van der Waals surface area contributed by atoms with Crippen LogP contribution in [0, 0.1) is 0 Å². The molecular weight excluding hydrogens is 266 g/mol. The molecule has 1 aliphatic rings. The van der Waals surface area contributed by atoms with Crippen molar-refractivity contribution in [3.05, 3.63) is 0 Å². The number of carbonyl (C=O) groups excluding carboxylic acids is 2. The van der Waals surface area contributed by atoms with Gasteiger partial charge in [-0.05, 0) is 32.2 Å². The Morgan fingerprint density at radius 1 is 1.19 bits per heavy atom. The predicted octanol–water partition coefficient (Wildman–Crippen LogP) is 1.80. The molecule has 5 heteroatoms. The molecule has 1 rings (SSSR count). The quantitative estimate of drug-likeness (QED) is 0.604. The lowest BCUT2D eigenvalue weighted by Crippen LogP contribution is -2.46. The normalized spacial score (nSPS) is 18.0. The molecule has 0 aromatic carbocycles. The van der Waals surface area contributed by atoms with Crippen LogP contribution in [0.25, 0.3) is 0 Å². The Balaban J connectivity index is 2.30. The maximum Gasteiger partial charge on any atom is 0.242 e.